The summed E-state index contributed by atoms with van der Waals surface area (Å²) < 4.78 is 38.4. The van der Waals surface area contributed by atoms with Gasteiger partial charge >= 0.3 is 0 Å². The lowest BCUT2D eigenvalue weighted by Crippen LogP contribution is -2.54. The SMILES string of the molecule is C1CO1.Cc1cccc2c(OC3CC4C(=O)NC5(C(=O)NS(=O)(=O)C6CC6)CC5C=CCCCCN(C)C(=O)C4C3)ccnc12. The summed E-state index contributed by atoms with van der Waals surface area (Å²) in [5.74, 6) is -2.25. The van der Waals surface area contributed by atoms with E-state index in [-0.39, 0.29) is 11.8 Å². The van der Waals surface area contributed by atoms with Gasteiger partial charge in [-0.25, -0.2) is 8.42 Å². The van der Waals surface area contributed by atoms with Gasteiger partial charge in [0, 0.05) is 31.1 Å². The molecule has 45 heavy (non-hydrogen) atoms. The molecule has 2 aromatic rings. The smallest absolute Gasteiger partial charge is 0.259 e. The fraction of sp³-hybridized carbons (Fsp3) is 0.576. The molecule has 3 heterocycles. The van der Waals surface area contributed by atoms with Crippen LogP contribution in [-0.4, -0.2) is 79.7 Å². The number of allylic oxidation sites excluding steroid dienone is 1. The quantitative estimate of drug-likeness (QED) is 0.375. The van der Waals surface area contributed by atoms with Crippen LogP contribution in [0.3, 0.4) is 0 Å². The van der Waals surface area contributed by atoms with Crippen molar-refractivity contribution in [3.8, 4) is 5.75 Å². The van der Waals surface area contributed by atoms with Crippen molar-refractivity contribution in [2.45, 2.75) is 75.2 Å². The fourth-order valence-corrected chi connectivity index (χ4v) is 7.84. The Bertz CT molecular complexity index is 1600. The first kappa shape index (κ1) is 31.5. The van der Waals surface area contributed by atoms with Gasteiger partial charge in [0.1, 0.15) is 17.4 Å². The highest BCUT2D eigenvalue weighted by Crippen LogP contribution is 2.47. The number of hydrogen-bond acceptors (Lipinski definition) is 8. The summed E-state index contributed by atoms with van der Waals surface area (Å²) in [6, 6.07) is 7.67. The second-order valence-electron chi connectivity index (χ2n) is 12.9. The third-order valence-electron chi connectivity index (χ3n) is 9.43. The number of rotatable bonds is 5. The number of sulfonamides is 1. The van der Waals surface area contributed by atoms with Crippen LogP contribution in [0.2, 0.25) is 0 Å². The van der Waals surface area contributed by atoms with Gasteiger partial charge in [-0.2, -0.15) is 0 Å². The lowest BCUT2D eigenvalue weighted by molar-refractivity contribution is -0.140. The van der Waals surface area contributed by atoms with E-state index in [9.17, 15) is 22.8 Å². The average Bonchev–Trinajstić information content (AvgIpc) is 3.87. The number of nitrogens with zero attached hydrogens (tertiary/aromatic N) is 2. The predicted octanol–water partition coefficient (Wildman–Crippen LogP) is 3.02. The van der Waals surface area contributed by atoms with Gasteiger partial charge < -0.3 is 19.7 Å². The molecule has 5 atom stereocenters. The van der Waals surface area contributed by atoms with E-state index in [0.29, 0.717) is 44.4 Å². The molecule has 242 valence electrons. The number of benzene rings is 1. The van der Waals surface area contributed by atoms with E-state index in [4.69, 9.17) is 4.74 Å². The zero-order valence-corrected chi connectivity index (χ0v) is 26.7. The standard InChI is InChI=1S/C31H38N4O6S.C2H4O/c1-19-8-7-10-23-26(13-14-32-27(19)23)41-21-16-24-25(17-21)29(37)35(2)15-6-4-3-5-9-20-18-31(20,33-28(24)36)30(38)34-42(39,40)22-11-12-22;1-2-3-1/h5,7-10,13-14,20-22,24-25H,3-4,6,11-12,15-18H2,1-2H3,(H,33,36)(H,34,38);1-2H2. The van der Waals surface area contributed by atoms with Crippen LogP contribution in [0.4, 0.5) is 0 Å². The van der Waals surface area contributed by atoms with Crippen molar-refractivity contribution in [2.75, 3.05) is 26.8 Å². The number of epoxide rings is 1. The van der Waals surface area contributed by atoms with Gasteiger partial charge in [0.2, 0.25) is 21.8 Å². The number of carbonyl (C=O) groups excluding carboxylic acids is 3. The number of aromatic nitrogens is 1. The Morgan fingerprint density at radius 1 is 1.13 bits per heavy atom. The summed E-state index contributed by atoms with van der Waals surface area (Å²) in [4.78, 5) is 47.2. The molecular weight excluding hydrogens is 596 g/mol. The molecule has 1 saturated heterocycles. The molecular formula is C33H42N4O7S. The van der Waals surface area contributed by atoms with E-state index in [0.717, 1.165) is 48.9 Å². The Kier molecular flexibility index (Phi) is 8.89. The lowest BCUT2D eigenvalue weighted by atomic mass is 9.93. The minimum atomic E-state index is -3.78. The summed E-state index contributed by atoms with van der Waals surface area (Å²) in [5.41, 5.74) is 0.507. The number of ether oxygens (including phenoxy) is 2. The van der Waals surface area contributed by atoms with Crippen LogP contribution in [0.15, 0.2) is 42.6 Å². The van der Waals surface area contributed by atoms with E-state index < -0.39 is 50.6 Å². The molecule has 5 aliphatic rings. The Hall–Kier alpha value is -3.51. The molecule has 7 rings (SSSR count). The molecule has 5 unspecified atom stereocenters. The molecule has 3 saturated carbocycles. The zero-order chi connectivity index (χ0) is 31.8. The van der Waals surface area contributed by atoms with Crippen molar-refractivity contribution >= 4 is 38.6 Å². The molecule has 0 bridgehead atoms. The summed E-state index contributed by atoms with van der Waals surface area (Å²) in [6.07, 6.45) is 9.67. The summed E-state index contributed by atoms with van der Waals surface area (Å²) >= 11 is 0. The molecule has 0 spiro atoms. The largest absolute Gasteiger partial charge is 0.490 e. The van der Waals surface area contributed by atoms with Crippen molar-refractivity contribution < 1.29 is 32.3 Å². The minimum absolute atomic E-state index is 0.119. The van der Waals surface area contributed by atoms with E-state index in [2.05, 4.69) is 19.8 Å². The normalized spacial score (nSPS) is 29.8. The zero-order valence-electron chi connectivity index (χ0n) is 25.9. The van der Waals surface area contributed by atoms with Gasteiger partial charge in [-0.05, 0) is 76.0 Å². The van der Waals surface area contributed by atoms with Gasteiger partial charge in [-0.3, -0.25) is 24.1 Å². The third kappa shape index (κ3) is 7.01. The molecule has 11 nitrogen and oxygen atoms in total. The van der Waals surface area contributed by atoms with Crippen molar-refractivity contribution in [3.05, 3.63) is 48.2 Å². The Balaban J connectivity index is 0.00000112. The van der Waals surface area contributed by atoms with Crippen LogP contribution in [0.25, 0.3) is 10.9 Å². The molecule has 0 radical (unpaired) electrons. The summed E-state index contributed by atoms with van der Waals surface area (Å²) in [6.45, 7) is 4.57. The Morgan fingerprint density at radius 3 is 2.62 bits per heavy atom. The van der Waals surface area contributed by atoms with Crippen molar-refractivity contribution in [1.82, 2.24) is 19.9 Å². The first-order valence-corrected chi connectivity index (χ1v) is 17.5. The third-order valence-corrected chi connectivity index (χ3v) is 11.2. The molecule has 1 aromatic heterocycles. The lowest BCUT2D eigenvalue weighted by Gasteiger charge is -2.26. The highest BCUT2D eigenvalue weighted by atomic mass is 32.2. The first-order valence-electron chi connectivity index (χ1n) is 16.0. The van der Waals surface area contributed by atoms with Crippen LogP contribution < -0.4 is 14.8 Å². The number of amides is 3. The minimum Gasteiger partial charge on any atom is -0.490 e. The van der Waals surface area contributed by atoms with Gasteiger partial charge in [0.25, 0.3) is 5.91 Å². The highest BCUT2D eigenvalue weighted by molar-refractivity contribution is 7.91. The molecule has 3 aliphatic carbocycles. The number of aryl methyl sites for hydroxylation is 1. The molecule has 2 N–H and O–H groups in total. The van der Waals surface area contributed by atoms with Gasteiger partial charge in [0.05, 0.1) is 35.8 Å². The maximum absolute atomic E-state index is 13.9. The number of para-hydroxylation sites is 1. The molecule has 1 aromatic carbocycles. The number of pyridine rings is 1. The van der Waals surface area contributed by atoms with Crippen LogP contribution >= 0.6 is 0 Å². The van der Waals surface area contributed by atoms with E-state index in [1.807, 2.05) is 37.3 Å². The Morgan fingerprint density at radius 2 is 1.89 bits per heavy atom. The fourth-order valence-electron chi connectivity index (χ4n) is 6.47. The monoisotopic (exact) mass is 638 g/mol. The van der Waals surface area contributed by atoms with Gasteiger partial charge in [-0.1, -0.05) is 24.3 Å². The maximum Gasteiger partial charge on any atom is 0.259 e. The average molecular weight is 639 g/mol. The van der Waals surface area contributed by atoms with Crippen LogP contribution in [0.5, 0.6) is 5.75 Å². The highest BCUT2D eigenvalue weighted by Gasteiger charge is 2.62. The molecule has 12 heteroatoms. The van der Waals surface area contributed by atoms with E-state index in [1.165, 1.54) is 0 Å². The first-order chi connectivity index (χ1) is 21.6. The maximum atomic E-state index is 13.9. The topological polar surface area (TPSA) is 147 Å². The Labute approximate surface area is 264 Å². The number of carbonyl (C=O) groups is 3. The van der Waals surface area contributed by atoms with Gasteiger partial charge in [0.15, 0.2) is 0 Å². The van der Waals surface area contributed by atoms with Crippen LogP contribution in [0.1, 0.15) is 56.9 Å². The molecule has 3 amide bonds. The second kappa shape index (κ2) is 12.7. The van der Waals surface area contributed by atoms with E-state index in [1.54, 1.807) is 24.2 Å². The molecule has 4 fully saturated rings. The predicted molar refractivity (Wildman–Crippen MR) is 168 cm³/mol. The van der Waals surface area contributed by atoms with Gasteiger partial charge in [-0.15, -0.1) is 0 Å². The van der Waals surface area contributed by atoms with Crippen LogP contribution in [0, 0.1) is 24.7 Å². The van der Waals surface area contributed by atoms with Crippen LogP contribution in [-0.2, 0) is 29.1 Å². The number of fused-ring (bicyclic) bond motifs is 3. The van der Waals surface area contributed by atoms with Crippen molar-refractivity contribution in [1.29, 1.82) is 0 Å². The van der Waals surface area contributed by atoms with E-state index >= 15 is 0 Å². The second-order valence-corrected chi connectivity index (χ2v) is 14.9. The van der Waals surface area contributed by atoms with Crippen molar-refractivity contribution in [2.24, 2.45) is 17.8 Å². The number of nitrogens with one attached hydrogen (secondary N) is 2. The molecule has 2 aliphatic heterocycles. The number of hydrogen-bond donors (Lipinski definition) is 2. The summed E-state index contributed by atoms with van der Waals surface area (Å²) in [7, 11) is -2.02. The summed E-state index contributed by atoms with van der Waals surface area (Å²) in [5, 5.41) is 3.24. The van der Waals surface area contributed by atoms with Crippen molar-refractivity contribution in [3.63, 3.8) is 0 Å².